The quantitative estimate of drug-likeness (QED) is 0.185. The highest BCUT2D eigenvalue weighted by Gasteiger charge is 2.43. The van der Waals surface area contributed by atoms with Crippen LogP contribution in [0.25, 0.3) is 76.7 Å². The van der Waals surface area contributed by atoms with Crippen molar-refractivity contribution in [3.05, 3.63) is 180 Å². The van der Waals surface area contributed by atoms with Gasteiger partial charge in [0, 0.05) is 54.2 Å². The minimum absolute atomic E-state index is 0.167. The number of fused-ring (bicyclic) bond motifs is 14. The average Bonchev–Trinajstić information content (AvgIpc) is 3.95. The molecule has 2 unspecified atom stereocenters. The van der Waals surface area contributed by atoms with Gasteiger partial charge in [-0.05, 0) is 65.0 Å². The van der Waals surface area contributed by atoms with Gasteiger partial charge in [-0.3, -0.25) is 0 Å². The van der Waals surface area contributed by atoms with Crippen molar-refractivity contribution in [1.29, 1.82) is 0 Å². The molecule has 7 aromatic carbocycles. The Morgan fingerprint density at radius 2 is 1.19 bits per heavy atom. The number of hydrogen-bond donors (Lipinski definition) is 0. The fourth-order valence-corrected chi connectivity index (χ4v) is 10.6. The lowest BCUT2D eigenvalue weighted by Crippen LogP contribution is -2.30. The van der Waals surface area contributed by atoms with E-state index in [2.05, 4.69) is 173 Å². The summed E-state index contributed by atoms with van der Waals surface area (Å²) in [6.45, 7) is 0. The molecule has 0 radical (unpaired) electrons. The van der Waals surface area contributed by atoms with Crippen LogP contribution >= 0.6 is 11.3 Å². The lowest BCUT2D eigenvalue weighted by molar-refractivity contribution is 0.673. The van der Waals surface area contributed by atoms with Gasteiger partial charge in [-0.25, -0.2) is 0 Å². The van der Waals surface area contributed by atoms with Crippen LogP contribution < -0.4 is 4.90 Å². The van der Waals surface area contributed by atoms with Crippen LogP contribution in [-0.4, -0.2) is 10.6 Å². The Labute approximate surface area is 303 Å². The Hall–Kier alpha value is -6.36. The lowest BCUT2D eigenvalue weighted by atomic mass is 9.86. The van der Waals surface area contributed by atoms with E-state index in [0.717, 1.165) is 44.0 Å². The molecule has 1 aliphatic heterocycles. The highest BCUT2D eigenvalue weighted by molar-refractivity contribution is 7.19. The summed E-state index contributed by atoms with van der Waals surface area (Å²) in [6, 6.07) is 57.5. The highest BCUT2D eigenvalue weighted by Crippen LogP contribution is 2.56. The second-order valence-corrected chi connectivity index (χ2v) is 15.0. The van der Waals surface area contributed by atoms with Gasteiger partial charge >= 0.3 is 0 Å². The molecule has 3 aromatic heterocycles. The first-order chi connectivity index (χ1) is 25.8. The fraction of sp³-hybridized carbons (Fsp3) is 0.0417. The van der Waals surface area contributed by atoms with Gasteiger partial charge in [-0.1, -0.05) is 121 Å². The van der Waals surface area contributed by atoms with Crippen LogP contribution in [0.1, 0.15) is 21.9 Å². The van der Waals surface area contributed by atoms with Crippen molar-refractivity contribution >= 4 is 82.6 Å². The average molecular weight is 683 g/mol. The number of hydrogen-bond acceptors (Lipinski definition) is 3. The smallest absolute Gasteiger partial charge is 0.145 e. The number of nitrogens with zero attached hydrogens (tertiary/aromatic N) is 2. The van der Waals surface area contributed by atoms with Crippen LogP contribution in [0.2, 0.25) is 0 Å². The van der Waals surface area contributed by atoms with E-state index in [1.807, 2.05) is 17.4 Å². The second-order valence-electron chi connectivity index (χ2n) is 14.0. The largest absolute Gasteiger partial charge is 0.455 e. The third kappa shape index (κ3) is 3.74. The van der Waals surface area contributed by atoms with Crippen LogP contribution in [-0.2, 0) is 0 Å². The standard InChI is InChI=1S/C48H30N2OS/c1-7-19-37(49-39-21-9-3-17-35(39)45-41(49)27-25-33-31-15-5-11-23-43(31)51-47(33)45)29(13-1)30-14-2-8-20-38(30)50-40-22-10-4-18-36(40)46-42(50)28-26-34-32-16-6-12-24-44(32)52-48(34)46/h1-28,42,46H. The van der Waals surface area contributed by atoms with Crippen LogP contribution in [0.3, 0.4) is 0 Å². The molecule has 0 bridgehead atoms. The number of benzene rings is 7. The molecule has 4 heteroatoms. The van der Waals surface area contributed by atoms with E-state index in [4.69, 9.17) is 4.42 Å². The first-order valence-corrected chi connectivity index (χ1v) is 18.8. The number of aromatic nitrogens is 1. The van der Waals surface area contributed by atoms with Crippen LogP contribution in [0.15, 0.2) is 168 Å². The molecule has 0 amide bonds. The zero-order chi connectivity index (χ0) is 33.9. The second kappa shape index (κ2) is 10.6. The normalized spacial score (nSPS) is 16.3. The van der Waals surface area contributed by atoms with E-state index >= 15 is 0 Å². The van der Waals surface area contributed by atoms with E-state index in [1.165, 1.54) is 54.0 Å². The van der Waals surface area contributed by atoms with Gasteiger partial charge in [0.2, 0.25) is 0 Å². The summed E-state index contributed by atoms with van der Waals surface area (Å²) in [5.74, 6) is 0.264. The highest BCUT2D eigenvalue weighted by atomic mass is 32.1. The molecule has 0 N–H and O–H groups in total. The minimum Gasteiger partial charge on any atom is -0.455 e. The number of thiophene rings is 1. The molecular weight excluding hydrogens is 653 g/mol. The molecular formula is C48H30N2OS. The zero-order valence-corrected chi connectivity index (χ0v) is 28.8. The predicted octanol–water partition coefficient (Wildman–Crippen LogP) is 13.2. The van der Waals surface area contributed by atoms with Crippen molar-refractivity contribution < 1.29 is 4.42 Å². The van der Waals surface area contributed by atoms with Gasteiger partial charge in [0.1, 0.15) is 11.2 Å². The maximum atomic E-state index is 6.63. The summed E-state index contributed by atoms with van der Waals surface area (Å²) in [6.07, 6.45) is 4.82. The number of para-hydroxylation sites is 5. The van der Waals surface area contributed by atoms with Gasteiger partial charge in [0.15, 0.2) is 0 Å². The van der Waals surface area contributed by atoms with Gasteiger partial charge in [-0.2, -0.15) is 0 Å². The third-order valence-electron chi connectivity index (χ3n) is 11.4. The summed E-state index contributed by atoms with van der Waals surface area (Å²) in [4.78, 5) is 4.06. The summed E-state index contributed by atoms with van der Waals surface area (Å²) < 4.78 is 10.4. The van der Waals surface area contributed by atoms with Gasteiger partial charge in [-0.15, -0.1) is 11.3 Å². The van der Waals surface area contributed by atoms with Crippen molar-refractivity contribution in [1.82, 2.24) is 4.57 Å². The zero-order valence-electron chi connectivity index (χ0n) is 28.0. The van der Waals surface area contributed by atoms with Crippen molar-refractivity contribution in [2.75, 3.05) is 4.90 Å². The van der Waals surface area contributed by atoms with Gasteiger partial charge in [0.25, 0.3) is 0 Å². The molecule has 0 saturated carbocycles. The van der Waals surface area contributed by atoms with Crippen molar-refractivity contribution in [3.8, 4) is 16.8 Å². The molecule has 0 fully saturated rings. The number of furan rings is 1. The Kier molecular flexibility index (Phi) is 5.77. The number of anilines is 2. The molecule has 2 atom stereocenters. The van der Waals surface area contributed by atoms with Crippen molar-refractivity contribution in [3.63, 3.8) is 0 Å². The van der Waals surface area contributed by atoms with Gasteiger partial charge < -0.3 is 13.9 Å². The third-order valence-corrected chi connectivity index (χ3v) is 12.6. The maximum Gasteiger partial charge on any atom is 0.145 e. The topological polar surface area (TPSA) is 21.3 Å². The molecule has 52 heavy (non-hydrogen) atoms. The molecule has 3 nitrogen and oxygen atoms in total. The summed E-state index contributed by atoms with van der Waals surface area (Å²) in [7, 11) is 0. The fourth-order valence-electron chi connectivity index (χ4n) is 9.23. The van der Waals surface area contributed by atoms with E-state index in [-0.39, 0.29) is 12.0 Å². The maximum absolute atomic E-state index is 6.63. The van der Waals surface area contributed by atoms with E-state index in [0.29, 0.717) is 0 Å². The van der Waals surface area contributed by atoms with E-state index in [1.54, 1.807) is 0 Å². The van der Waals surface area contributed by atoms with Crippen LogP contribution in [0.4, 0.5) is 11.4 Å². The van der Waals surface area contributed by atoms with Gasteiger partial charge in [0.05, 0.1) is 28.1 Å². The minimum atomic E-state index is 0.167. The summed E-state index contributed by atoms with van der Waals surface area (Å²) in [5, 5.41) is 5.99. The lowest BCUT2D eigenvalue weighted by Gasteiger charge is -2.32. The van der Waals surface area contributed by atoms with Crippen LogP contribution in [0.5, 0.6) is 0 Å². The SMILES string of the molecule is C1=CC2C(c3ccccc3N2c2ccccc2-c2ccccc2-n2c3ccccc3c3c4oc5ccccc5c4ccc32)c2sc3ccccc3c21. The van der Waals surface area contributed by atoms with E-state index in [9.17, 15) is 0 Å². The summed E-state index contributed by atoms with van der Waals surface area (Å²) in [5.41, 5.74) is 13.0. The molecule has 0 spiro atoms. The molecule has 10 aromatic rings. The Balaban J connectivity index is 1.09. The molecule has 1 aliphatic carbocycles. The van der Waals surface area contributed by atoms with E-state index < -0.39 is 0 Å². The van der Waals surface area contributed by atoms with Crippen molar-refractivity contribution in [2.45, 2.75) is 12.0 Å². The molecule has 2 aliphatic rings. The molecule has 4 heterocycles. The predicted molar refractivity (Wildman–Crippen MR) is 219 cm³/mol. The monoisotopic (exact) mass is 682 g/mol. The molecule has 12 rings (SSSR count). The number of rotatable bonds is 3. The summed E-state index contributed by atoms with van der Waals surface area (Å²) >= 11 is 1.95. The Morgan fingerprint density at radius 3 is 2.08 bits per heavy atom. The van der Waals surface area contributed by atoms with Crippen molar-refractivity contribution in [2.24, 2.45) is 0 Å². The van der Waals surface area contributed by atoms with Crippen LogP contribution in [0, 0.1) is 0 Å². The Morgan fingerprint density at radius 1 is 0.519 bits per heavy atom. The Bertz CT molecular complexity index is 3120. The molecule has 244 valence electrons. The molecule has 0 saturated heterocycles. The first kappa shape index (κ1) is 28.3. The first-order valence-electron chi connectivity index (χ1n) is 17.9.